The van der Waals surface area contributed by atoms with Gasteiger partial charge in [0.15, 0.2) is 0 Å². The molecule has 408 valence electrons. The summed E-state index contributed by atoms with van der Waals surface area (Å²) in [5, 5.41) is 0. The van der Waals surface area contributed by atoms with Crippen LogP contribution in [0.4, 0.5) is 4.79 Å². The maximum Gasteiger partial charge on any atom is 0.410 e. The predicted molar refractivity (Wildman–Crippen MR) is 289 cm³/mol. The van der Waals surface area contributed by atoms with Crippen LogP contribution in [0.5, 0.6) is 0 Å². The van der Waals surface area contributed by atoms with Crippen LogP contribution in [0, 0.1) is 0 Å². The predicted octanol–water partition coefficient (Wildman–Crippen LogP) is 16.8. The number of nitrogens with zero attached hydrogens (tertiary/aromatic N) is 2. The van der Waals surface area contributed by atoms with Crippen LogP contribution >= 0.6 is 0 Å². The Balaban J connectivity index is 5.12. The highest BCUT2D eigenvalue weighted by Gasteiger charge is 2.21. The van der Waals surface area contributed by atoms with Crippen molar-refractivity contribution in [3.63, 3.8) is 0 Å². The van der Waals surface area contributed by atoms with E-state index < -0.39 is 0 Å². The van der Waals surface area contributed by atoms with E-state index in [1.165, 1.54) is 77.0 Å². The Kier molecular flexibility index (Phi) is 48.8. The Morgan fingerprint density at radius 2 is 0.652 bits per heavy atom. The van der Waals surface area contributed by atoms with E-state index in [-0.39, 0.29) is 42.3 Å². The summed E-state index contributed by atoms with van der Waals surface area (Å²) in [5.74, 6) is -0.212. The summed E-state index contributed by atoms with van der Waals surface area (Å²) >= 11 is 0. The third-order valence-electron chi connectivity index (χ3n) is 13.5. The molecule has 1 amide bonds. The van der Waals surface area contributed by atoms with Crippen LogP contribution < -0.4 is 0 Å². The largest absolute Gasteiger partial charge is 0.466 e. The van der Waals surface area contributed by atoms with Gasteiger partial charge in [-0.05, 0) is 136 Å². The topological polar surface area (TPSA) is 112 Å². The summed E-state index contributed by atoms with van der Waals surface area (Å²) < 4.78 is 23.6. The molecule has 10 nitrogen and oxygen atoms in total. The molecule has 0 spiro atoms. The molecule has 0 saturated heterocycles. The molecule has 0 saturated carbocycles. The third kappa shape index (κ3) is 45.3. The summed E-state index contributed by atoms with van der Waals surface area (Å²) in [6.45, 7) is 13.5. The van der Waals surface area contributed by atoms with E-state index in [0.29, 0.717) is 45.4 Å². The first-order valence-corrected chi connectivity index (χ1v) is 29.7. The average Bonchev–Trinajstić information content (AvgIpc) is 3.33. The second-order valence-corrected chi connectivity index (χ2v) is 20.8. The zero-order valence-electron chi connectivity index (χ0n) is 46.7. The maximum absolute atomic E-state index is 13.8. The van der Waals surface area contributed by atoms with Gasteiger partial charge < -0.3 is 28.7 Å². The van der Waals surface area contributed by atoms with Crippen molar-refractivity contribution < 1.29 is 38.1 Å². The standard InChI is InChI=1S/C59H114N2O8/c1-8-13-17-29-40-53(41-30-18-14-9-2)67-57(63)47-35-27-23-21-25-33-44-55(69-59(65)61(51-39-49-60(6)7)50-38-37-46-56(62)66-52-12-5)45-34-26-22-24-28-36-48-58(64)68-54(42-31-19-15-10-3)43-32-20-16-11-4/h53-55H,8-52H2,1-7H3. The van der Waals surface area contributed by atoms with Gasteiger partial charge in [0, 0.05) is 32.4 Å². The lowest BCUT2D eigenvalue weighted by Crippen LogP contribution is -2.37. The number of hydrogen-bond donors (Lipinski definition) is 0. The van der Waals surface area contributed by atoms with Crippen LogP contribution in [0.3, 0.4) is 0 Å². The van der Waals surface area contributed by atoms with E-state index in [1.807, 2.05) is 25.9 Å². The van der Waals surface area contributed by atoms with E-state index in [1.54, 1.807) is 0 Å². The third-order valence-corrected chi connectivity index (χ3v) is 13.5. The normalized spacial score (nSPS) is 11.6. The summed E-state index contributed by atoms with van der Waals surface area (Å²) in [6.07, 6.45) is 41.7. The van der Waals surface area contributed by atoms with Gasteiger partial charge >= 0.3 is 24.0 Å². The van der Waals surface area contributed by atoms with Crippen LogP contribution in [0.25, 0.3) is 0 Å². The molecule has 0 aromatic rings. The Bertz CT molecular complexity index is 1090. The van der Waals surface area contributed by atoms with E-state index >= 15 is 0 Å². The SMILES string of the molecule is CCCCCCC(CCCCCC)OC(=O)CCCCCCCCC(CCCCCCCCC(=O)OC(CCCCCC)CCCCCC)OC(=O)N(CCCCC(=O)OCCC)CCCN(C)C. The fourth-order valence-corrected chi connectivity index (χ4v) is 9.12. The molecule has 0 aliphatic heterocycles. The molecule has 0 N–H and O–H groups in total. The molecule has 0 atom stereocenters. The zero-order chi connectivity index (χ0) is 50.8. The second kappa shape index (κ2) is 50.6. The van der Waals surface area contributed by atoms with Crippen molar-refractivity contribution >= 4 is 24.0 Å². The first-order valence-electron chi connectivity index (χ1n) is 29.7. The van der Waals surface area contributed by atoms with E-state index in [2.05, 4.69) is 32.6 Å². The van der Waals surface area contributed by atoms with Gasteiger partial charge in [-0.2, -0.15) is 0 Å². The molecule has 0 fully saturated rings. The number of carbonyl (C=O) groups excluding carboxylic acids is 4. The highest BCUT2D eigenvalue weighted by atomic mass is 16.6. The number of ether oxygens (including phenoxy) is 4. The zero-order valence-corrected chi connectivity index (χ0v) is 46.7. The van der Waals surface area contributed by atoms with E-state index in [0.717, 1.165) is 167 Å². The van der Waals surface area contributed by atoms with Crippen molar-refractivity contribution in [1.82, 2.24) is 9.80 Å². The molecule has 69 heavy (non-hydrogen) atoms. The van der Waals surface area contributed by atoms with Gasteiger partial charge in [-0.1, -0.05) is 163 Å². The van der Waals surface area contributed by atoms with Crippen LogP contribution in [-0.2, 0) is 33.3 Å². The van der Waals surface area contributed by atoms with Crippen molar-refractivity contribution in [1.29, 1.82) is 0 Å². The van der Waals surface area contributed by atoms with Crippen molar-refractivity contribution in [3.8, 4) is 0 Å². The van der Waals surface area contributed by atoms with Crippen molar-refractivity contribution in [2.75, 3.05) is 40.3 Å². The number of hydrogen-bond acceptors (Lipinski definition) is 9. The maximum atomic E-state index is 13.8. The first-order chi connectivity index (χ1) is 33.6. The fourth-order valence-electron chi connectivity index (χ4n) is 9.12. The lowest BCUT2D eigenvalue weighted by molar-refractivity contribution is -0.151. The average molecular weight is 980 g/mol. The molecule has 0 aliphatic carbocycles. The summed E-state index contributed by atoms with van der Waals surface area (Å²) in [4.78, 5) is 55.5. The number of amides is 1. The van der Waals surface area contributed by atoms with Gasteiger partial charge in [-0.15, -0.1) is 0 Å². The molecular formula is C59H114N2O8. The summed E-state index contributed by atoms with van der Waals surface area (Å²) in [7, 11) is 4.10. The van der Waals surface area contributed by atoms with Gasteiger partial charge in [-0.25, -0.2) is 4.79 Å². The van der Waals surface area contributed by atoms with Gasteiger partial charge in [-0.3, -0.25) is 14.4 Å². The van der Waals surface area contributed by atoms with Gasteiger partial charge in [0.25, 0.3) is 0 Å². The molecule has 0 rings (SSSR count). The van der Waals surface area contributed by atoms with Crippen LogP contribution in [0.1, 0.15) is 298 Å². The molecule has 0 aliphatic rings. The highest BCUT2D eigenvalue weighted by Crippen LogP contribution is 2.22. The minimum Gasteiger partial charge on any atom is -0.466 e. The molecule has 10 heteroatoms. The molecule has 0 aromatic heterocycles. The van der Waals surface area contributed by atoms with Crippen LogP contribution in [-0.4, -0.2) is 92.4 Å². The lowest BCUT2D eigenvalue weighted by atomic mass is 10.0. The molecule has 0 unspecified atom stereocenters. The molecule has 0 bridgehead atoms. The van der Waals surface area contributed by atoms with Gasteiger partial charge in [0.1, 0.15) is 18.3 Å². The minimum atomic E-state index is -0.237. The number of unbranched alkanes of at least 4 members (excludes halogenated alkanes) is 23. The van der Waals surface area contributed by atoms with Crippen molar-refractivity contribution in [2.24, 2.45) is 0 Å². The summed E-state index contributed by atoms with van der Waals surface area (Å²) in [6, 6.07) is 0. The number of carbonyl (C=O) groups is 4. The Hall–Kier alpha value is -2.36. The smallest absolute Gasteiger partial charge is 0.410 e. The molecular weight excluding hydrogens is 865 g/mol. The minimum absolute atomic E-state index is 0.0223. The Morgan fingerprint density at radius 3 is 1.03 bits per heavy atom. The van der Waals surface area contributed by atoms with Gasteiger partial charge in [0.2, 0.25) is 0 Å². The number of rotatable bonds is 52. The van der Waals surface area contributed by atoms with Crippen LogP contribution in [0.2, 0.25) is 0 Å². The molecule has 0 aromatic carbocycles. The highest BCUT2D eigenvalue weighted by molar-refractivity contribution is 5.70. The quantitative estimate of drug-likeness (QED) is 0.0334. The van der Waals surface area contributed by atoms with E-state index in [4.69, 9.17) is 18.9 Å². The van der Waals surface area contributed by atoms with Crippen molar-refractivity contribution in [2.45, 2.75) is 316 Å². The fraction of sp³-hybridized carbons (Fsp3) is 0.932. The van der Waals surface area contributed by atoms with Crippen LogP contribution in [0.15, 0.2) is 0 Å². The monoisotopic (exact) mass is 979 g/mol. The first kappa shape index (κ1) is 66.6. The van der Waals surface area contributed by atoms with Crippen molar-refractivity contribution in [3.05, 3.63) is 0 Å². The number of esters is 3. The molecule has 0 radical (unpaired) electrons. The second-order valence-electron chi connectivity index (χ2n) is 20.8. The Morgan fingerprint density at radius 1 is 0.333 bits per heavy atom. The molecule has 0 heterocycles. The van der Waals surface area contributed by atoms with E-state index in [9.17, 15) is 19.2 Å². The summed E-state index contributed by atoms with van der Waals surface area (Å²) in [5.41, 5.74) is 0. The van der Waals surface area contributed by atoms with Gasteiger partial charge in [0.05, 0.1) is 6.61 Å². The lowest BCUT2D eigenvalue weighted by Gasteiger charge is -2.26. The Labute approximate surface area is 427 Å².